The molecule has 1 aliphatic heterocycles. The highest BCUT2D eigenvalue weighted by Gasteiger charge is 2.14. The number of halogens is 2. The summed E-state index contributed by atoms with van der Waals surface area (Å²) in [7, 11) is 0. The van der Waals surface area contributed by atoms with Crippen molar-refractivity contribution in [3.63, 3.8) is 0 Å². The number of hydrogen-bond acceptors (Lipinski definition) is 3. The van der Waals surface area contributed by atoms with Crippen LogP contribution in [-0.2, 0) is 6.54 Å². The van der Waals surface area contributed by atoms with Gasteiger partial charge >= 0.3 is 0 Å². The first-order chi connectivity index (χ1) is 7.31. The first kappa shape index (κ1) is 13.6. The van der Waals surface area contributed by atoms with Crippen molar-refractivity contribution in [1.82, 2.24) is 4.98 Å². The van der Waals surface area contributed by atoms with E-state index in [0.717, 1.165) is 24.3 Å². The van der Waals surface area contributed by atoms with Gasteiger partial charge in [0.1, 0.15) is 5.15 Å². The molecule has 0 aliphatic carbocycles. The van der Waals surface area contributed by atoms with E-state index >= 15 is 0 Å². The summed E-state index contributed by atoms with van der Waals surface area (Å²) < 4.78 is 0. The van der Waals surface area contributed by atoms with Gasteiger partial charge in [-0.2, -0.15) is 0 Å². The lowest BCUT2D eigenvalue weighted by Crippen LogP contribution is -2.30. The van der Waals surface area contributed by atoms with E-state index in [1.165, 1.54) is 19.3 Å². The fourth-order valence-corrected chi connectivity index (χ4v) is 2.19. The van der Waals surface area contributed by atoms with Gasteiger partial charge in [-0.15, -0.1) is 12.4 Å². The number of piperidine rings is 1. The van der Waals surface area contributed by atoms with Crippen LogP contribution in [0.5, 0.6) is 0 Å². The Labute approximate surface area is 107 Å². The third-order valence-electron chi connectivity index (χ3n) is 2.85. The largest absolute Gasteiger partial charge is 0.371 e. The molecule has 0 amide bonds. The zero-order chi connectivity index (χ0) is 10.7. The summed E-state index contributed by atoms with van der Waals surface area (Å²) in [5.74, 6) is 0. The van der Waals surface area contributed by atoms with Crippen molar-refractivity contribution in [2.75, 3.05) is 18.0 Å². The van der Waals surface area contributed by atoms with E-state index in [0.29, 0.717) is 11.7 Å². The molecule has 5 heteroatoms. The van der Waals surface area contributed by atoms with Crippen LogP contribution in [0.4, 0.5) is 5.69 Å². The molecule has 2 N–H and O–H groups in total. The average Bonchev–Trinajstić information content (AvgIpc) is 2.30. The fraction of sp³-hybridized carbons (Fsp3) is 0.545. The molecule has 0 unspecified atom stereocenters. The summed E-state index contributed by atoms with van der Waals surface area (Å²) in [5.41, 5.74) is 7.95. The average molecular weight is 262 g/mol. The molecule has 90 valence electrons. The van der Waals surface area contributed by atoms with Crippen molar-refractivity contribution in [1.29, 1.82) is 0 Å². The molecule has 16 heavy (non-hydrogen) atoms. The van der Waals surface area contributed by atoms with Gasteiger partial charge < -0.3 is 10.6 Å². The van der Waals surface area contributed by atoms with Crippen LogP contribution in [0.1, 0.15) is 24.8 Å². The Kier molecular flexibility index (Phi) is 5.32. The predicted octanol–water partition coefficient (Wildman–Crippen LogP) is 2.61. The minimum absolute atomic E-state index is 0. The lowest BCUT2D eigenvalue weighted by Gasteiger charge is -2.30. The maximum absolute atomic E-state index is 5.91. The number of pyridine rings is 1. The highest BCUT2D eigenvalue weighted by atomic mass is 35.5. The van der Waals surface area contributed by atoms with E-state index < -0.39 is 0 Å². The molecule has 0 atom stereocenters. The standard InChI is InChI=1S/C11H16ClN3.ClH/c12-11-6-10(9(7-13)8-14-11)15-4-2-1-3-5-15;/h6,8H,1-5,7,13H2;1H. The summed E-state index contributed by atoms with van der Waals surface area (Å²) in [5, 5.41) is 0.549. The van der Waals surface area contributed by atoms with Crippen LogP contribution in [0.15, 0.2) is 12.3 Å². The summed E-state index contributed by atoms with van der Waals surface area (Å²) in [6.07, 6.45) is 5.62. The Morgan fingerprint density at radius 1 is 1.31 bits per heavy atom. The minimum atomic E-state index is 0. The number of aromatic nitrogens is 1. The van der Waals surface area contributed by atoms with Crippen molar-refractivity contribution in [2.45, 2.75) is 25.8 Å². The molecule has 1 aromatic rings. The maximum atomic E-state index is 5.91. The molecule has 2 heterocycles. The summed E-state index contributed by atoms with van der Waals surface area (Å²) in [6.45, 7) is 2.73. The molecule has 2 rings (SSSR count). The molecule has 0 aromatic carbocycles. The summed E-state index contributed by atoms with van der Waals surface area (Å²) in [4.78, 5) is 6.42. The van der Waals surface area contributed by atoms with Crippen molar-refractivity contribution < 1.29 is 0 Å². The lowest BCUT2D eigenvalue weighted by atomic mass is 10.1. The van der Waals surface area contributed by atoms with Crippen LogP contribution < -0.4 is 10.6 Å². The number of nitrogens with two attached hydrogens (primary N) is 1. The zero-order valence-electron chi connectivity index (χ0n) is 9.16. The van der Waals surface area contributed by atoms with Crippen molar-refractivity contribution in [2.24, 2.45) is 5.73 Å². The number of anilines is 1. The van der Waals surface area contributed by atoms with Gasteiger partial charge in [0.25, 0.3) is 0 Å². The summed E-state index contributed by atoms with van der Waals surface area (Å²) in [6, 6.07) is 1.93. The van der Waals surface area contributed by atoms with Gasteiger partial charge in [0.2, 0.25) is 0 Å². The molecule has 0 saturated carbocycles. The second-order valence-corrected chi connectivity index (χ2v) is 4.27. The van der Waals surface area contributed by atoms with Gasteiger partial charge in [-0.05, 0) is 25.3 Å². The SMILES string of the molecule is Cl.NCc1cnc(Cl)cc1N1CCCCC1. The van der Waals surface area contributed by atoms with E-state index in [1.807, 2.05) is 6.07 Å². The van der Waals surface area contributed by atoms with Crippen molar-refractivity contribution >= 4 is 29.7 Å². The van der Waals surface area contributed by atoms with Crippen molar-refractivity contribution in [3.8, 4) is 0 Å². The number of rotatable bonds is 2. The molecule has 1 fully saturated rings. The van der Waals surface area contributed by atoms with Gasteiger partial charge in [0, 0.05) is 37.1 Å². The fourth-order valence-electron chi connectivity index (χ4n) is 2.03. The van der Waals surface area contributed by atoms with Gasteiger partial charge in [0.05, 0.1) is 0 Å². The Morgan fingerprint density at radius 3 is 2.62 bits per heavy atom. The predicted molar refractivity (Wildman–Crippen MR) is 70.5 cm³/mol. The first-order valence-electron chi connectivity index (χ1n) is 5.40. The molecule has 3 nitrogen and oxygen atoms in total. The molecular formula is C11H17Cl2N3. The third-order valence-corrected chi connectivity index (χ3v) is 3.05. The van der Waals surface area contributed by atoms with E-state index in [9.17, 15) is 0 Å². The van der Waals surface area contributed by atoms with E-state index in [4.69, 9.17) is 17.3 Å². The summed E-state index contributed by atoms with van der Waals surface area (Å²) >= 11 is 5.91. The Hall–Kier alpha value is -0.510. The number of hydrogen-bond donors (Lipinski definition) is 1. The van der Waals surface area contributed by atoms with Gasteiger partial charge in [0.15, 0.2) is 0 Å². The highest BCUT2D eigenvalue weighted by molar-refractivity contribution is 6.29. The van der Waals surface area contributed by atoms with Gasteiger partial charge in [-0.3, -0.25) is 0 Å². The number of nitrogens with zero attached hydrogens (tertiary/aromatic N) is 2. The van der Waals surface area contributed by atoms with Crippen LogP contribution >= 0.6 is 24.0 Å². The van der Waals surface area contributed by atoms with E-state index in [2.05, 4.69) is 9.88 Å². The molecule has 1 aromatic heterocycles. The van der Waals surface area contributed by atoms with Gasteiger partial charge in [-0.1, -0.05) is 11.6 Å². The maximum Gasteiger partial charge on any atom is 0.131 e. The topological polar surface area (TPSA) is 42.1 Å². The Bertz CT molecular complexity index is 338. The second-order valence-electron chi connectivity index (χ2n) is 3.89. The van der Waals surface area contributed by atoms with Crippen LogP contribution in [0.2, 0.25) is 5.15 Å². The monoisotopic (exact) mass is 261 g/mol. The quantitative estimate of drug-likeness (QED) is 0.833. The molecule has 0 radical (unpaired) electrons. The Morgan fingerprint density at radius 2 is 2.00 bits per heavy atom. The van der Waals surface area contributed by atoms with Gasteiger partial charge in [-0.25, -0.2) is 4.98 Å². The van der Waals surface area contributed by atoms with Crippen LogP contribution in [0, 0.1) is 0 Å². The normalized spacial score (nSPS) is 15.8. The molecular weight excluding hydrogens is 245 g/mol. The van der Waals surface area contributed by atoms with Crippen LogP contribution in [0.25, 0.3) is 0 Å². The van der Waals surface area contributed by atoms with E-state index in [-0.39, 0.29) is 12.4 Å². The van der Waals surface area contributed by atoms with E-state index in [1.54, 1.807) is 6.20 Å². The first-order valence-corrected chi connectivity index (χ1v) is 5.78. The van der Waals surface area contributed by atoms with Crippen LogP contribution in [-0.4, -0.2) is 18.1 Å². The zero-order valence-corrected chi connectivity index (χ0v) is 10.7. The molecule has 1 aliphatic rings. The van der Waals surface area contributed by atoms with Crippen molar-refractivity contribution in [3.05, 3.63) is 23.0 Å². The lowest BCUT2D eigenvalue weighted by molar-refractivity contribution is 0.576. The molecule has 0 bridgehead atoms. The smallest absolute Gasteiger partial charge is 0.131 e. The molecule has 1 saturated heterocycles. The molecule has 0 spiro atoms. The highest BCUT2D eigenvalue weighted by Crippen LogP contribution is 2.25. The second kappa shape index (κ2) is 6.28. The van der Waals surface area contributed by atoms with Crippen LogP contribution in [0.3, 0.4) is 0 Å². The minimum Gasteiger partial charge on any atom is -0.371 e. The Balaban J connectivity index is 0.00000128. The third kappa shape index (κ3) is 3.00.